The van der Waals surface area contributed by atoms with Crippen LogP contribution in [0.25, 0.3) is 0 Å². The standard InChI is InChI=1S/C15H22N2O/c1-13(17-9-4-2-3-5-10-18)15-8-6-7-14(11-15)12-16/h6-8,11,13,17-18H,2-5,9-10H2,1H3. The van der Waals surface area contributed by atoms with Crippen molar-refractivity contribution >= 4 is 0 Å². The first-order chi connectivity index (χ1) is 8.77. The van der Waals surface area contributed by atoms with E-state index in [-0.39, 0.29) is 6.04 Å². The minimum absolute atomic E-state index is 0.274. The van der Waals surface area contributed by atoms with E-state index in [4.69, 9.17) is 10.4 Å². The second-order valence-corrected chi connectivity index (χ2v) is 4.55. The molecule has 98 valence electrons. The molecular weight excluding hydrogens is 224 g/mol. The number of aliphatic hydroxyl groups is 1. The highest BCUT2D eigenvalue weighted by Gasteiger charge is 2.04. The van der Waals surface area contributed by atoms with Crippen molar-refractivity contribution in [1.82, 2.24) is 5.32 Å². The lowest BCUT2D eigenvalue weighted by atomic mass is 10.1. The average Bonchev–Trinajstić information content (AvgIpc) is 2.42. The first-order valence-corrected chi connectivity index (χ1v) is 6.62. The van der Waals surface area contributed by atoms with Crippen LogP contribution in [-0.2, 0) is 0 Å². The maximum absolute atomic E-state index is 8.85. The molecular formula is C15H22N2O. The first-order valence-electron chi connectivity index (χ1n) is 6.62. The van der Waals surface area contributed by atoms with Crippen LogP contribution in [-0.4, -0.2) is 18.3 Å². The summed E-state index contributed by atoms with van der Waals surface area (Å²) >= 11 is 0. The van der Waals surface area contributed by atoms with Crippen molar-refractivity contribution in [2.24, 2.45) is 0 Å². The van der Waals surface area contributed by atoms with Crippen molar-refractivity contribution in [2.45, 2.75) is 38.6 Å². The van der Waals surface area contributed by atoms with Gasteiger partial charge in [-0.1, -0.05) is 25.0 Å². The number of unbranched alkanes of at least 4 members (excludes halogenated alkanes) is 3. The van der Waals surface area contributed by atoms with E-state index in [1.54, 1.807) is 0 Å². The van der Waals surface area contributed by atoms with Gasteiger partial charge in [-0.2, -0.15) is 5.26 Å². The lowest BCUT2D eigenvalue weighted by Crippen LogP contribution is -2.19. The Labute approximate surface area is 109 Å². The van der Waals surface area contributed by atoms with E-state index in [1.165, 1.54) is 0 Å². The number of aliphatic hydroxyl groups excluding tert-OH is 1. The summed E-state index contributed by atoms with van der Waals surface area (Å²) in [7, 11) is 0. The summed E-state index contributed by atoms with van der Waals surface area (Å²) in [6.07, 6.45) is 4.27. The Hall–Kier alpha value is -1.37. The Bertz CT molecular complexity index is 384. The van der Waals surface area contributed by atoms with Gasteiger partial charge >= 0.3 is 0 Å². The van der Waals surface area contributed by atoms with Crippen molar-refractivity contribution in [3.8, 4) is 6.07 Å². The fraction of sp³-hybridized carbons (Fsp3) is 0.533. The van der Waals surface area contributed by atoms with Crippen molar-refractivity contribution < 1.29 is 5.11 Å². The van der Waals surface area contributed by atoms with Crippen molar-refractivity contribution in [2.75, 3.05) is 13.2 Å². The lowest BCUT2D eigenvalue weighted by Gasteiger charge is -2.14. The predicted molar refractivity (Wildman–Crippen MR) is 73.1 cm³/mol. The topological polar surface area (TPSA) is 56.0 Å². The fourth-order valence-electron chi connectivity index (χ4n) is 1.90. The average molecular weight is 246 g/mol. The second-order valence-electron chi connectivity index (χ2n) is 4.55. The summed E-state index contributed by atoms with van der Waals surface area (Å²) in [4.78, 5) is 0. The summed E-state index contributed by atoms with van der Waals surface area (Å²) in [5.74, 6) is 0. The number of benzene rings is 1. The second kappa shape index (κ2) is 8.68. The maximum Gasteiger partial charge on any atom is 0.0991 e. The molecule has 0 radical (unpaired) electrons. The Balaban J connectivity index is 2.27. The Morgan fingerprint density at radius 1 is 1.28 bits per heavy atom. The zero-order chi connectivity index (χ0) is 13.2. The number of hydrogen-bond acceptors (Lipinski definition) is 3. The fourth-order valence-corrected chi connectivity index (χ4v) is 1.90. The molecule has 0 aliphatic carbocycles. The van der Waals surface area contributed by atoms with Gasteiger partial charge in [-0.3, -0.25) is 0 Å². The molecule has 0 fully saturated rings. The molecule has 1 aromatic carbocycles. The van der Waals surface area contributed by atoms with Crippen LogP contribution in [0.5, 0.6) is 0 Å². The number of nitrogens with one attached hydrogen (secondary N) is 1. The molecule has 0 aliphatic heterocycles. The summed E-state index contributed by atoms with van der Waals surface area (Å²) in [5, 5.41) is 21.0. The van der Waals surface area contributed by atoms with Crippen LogP contribution < -0.4 is 5.32 Å². The van der Waals surface area contributed by atoms with E-state index in [0.717, 1.165) is 37.8 Å². The molecule has 0 aromatic heterocycles. The number of nitrogens with zero attached hydrogens (tertiary/aromatic N) is 1. The highest BCUT2D eigenvalue weighted by atomic mass is 16.2. The molecule has 3 nitrogen and oxygen atoms in total. The molecule has 2 N–H and O–H groups in total. The smallest absolute Gasteiger partial charge is 0.0991 e. The molecule has 0 heterocycles. The molecule has 18 heavy (non-hydrogen) atoms. The predicted octanol–water partition coefficient (Wildman–Crippen LogP) is 2.76. The number of nitriles is 1. The molecule has 0 saturated heterocycles. The molecule has 0 amide bonds. The van der Waals surface area contributed by atoms with Crippen LogP contribution in [0, 0.1) is 11.3 Å². The van der Waals surface area contributed by atoms with Crippen LogP contribution >= 0.6 is 0 Å². The van der Waals surface area contributed by atoms with Crippen LogP contribution in [0.15, 0.2) is 24.3 Å². The summed E-state index contributed by atoms with van der Waals surface area (Å²) in [6, 6.07) is 10.2. The highest BCUT2D eigenvalue weighted by molar-refractivity contribution is 5.33. The van der Waals surface area contributed by atoms with E-state index in [1.807, 2.05) is 24.3 Å². The molecule has 1 aromatic rings. The van der Waals surface area contributed by atoms with Crippen LogP contribution in [0.1, 0.15) is 49.8 Å². The van der Waals surface area contributed by atoms with Crippen molar-refractivity contribution in [1.29, 1.82) is 5.26 Å². The molecule has 1 atom stereocenters. The van der Waals surface area contributed by atoms with Crippen LogP contribution in [0.2, 0.25) is 0 Å². The Morgan fingerprint density at radius 3 is 2.78 bits per heavy atom. The Kier molecular flexibility index (Phi) is 7.09. The molecule has 0 bridgehead atoms. The first kappa shape index (κ1) is 14.7. The summed E-state index contributed by atoms with van der Waals surface area (Å²) < 4.78 is 0. The molecule has 1 rings (SSSR count). The van der Waals surface area contributed by atoms with Crippen molar-refractivity contribution in [3.05, 3.63) is 35.4 Å². The monoisotopic (exact) mass is 246 g/mol. The summed E-state index contributed by atoms with van der Waals surface area (Å²) in [5.41, 5.74) is 1.87. The Morgan fingerprint density at radius 2 is 2.06 bits per heavy atom. The highest BCUT2D eigenvalue weighted by Crippen LogP contribution is 2.13. The van der Waals surface area contributed by atoms with Gasteiger partial charge in [0.15, 0.2) is 0 Å². The third-order valence-corrected chi connectivity index (χ3v) is 3.05. The summed E-state index contributed by atoms with van der Waals surface area (Å²) in [6.45, 7) is 3.39. The number of hydrogen-bond donors (Lipinski definition) is 2. The van der Waals surface area contributed by atoms with Gasteiger partial charge in [0, 0.05) is 12.6 Å². The van der Waals surface area contributed by atoms with Gasteiger partial charge in [0.1, 0.15) is 0 Å². The van der Waals surface area contributed by atoms with Gasteiger partial charge in [-0.05, 0) is 44.0 Å². The van der Waals surface area contributed by atoms with Gasteiger partial charge in [0.25, 0.3) is 0 Å². The van der Waals surface area contributed by atoms with E-state index in [2.05, 4.69) is 18.3 Å². The zero-order valence-electron chi connectivity index (χ0n) is 11.0. The molecule has 0 aliphatic rings. The van der Waals surface area contributed by atoms with Crippen LogP contribution in [0.4, 0.5) is 0 Å². The van der Waals surface area contributed by atoms with Gasteiger partial charge in [0.05, 0.1) is 11.6 Å². The normalized spacial score (nSPS) is 12.1. The minimum Gasteiger partial charge on any atom is -0.396 e. The quantitative estimate of drug-likeness (QED) is 0.693. The number of rotatable bonds is 8. The SMILES string of the molecule is CC(NCCCCCCO)c1cccc(C#N)c1. The van der Waals surface area contributed by atoms with Gasteiger partial charge < -0.3 is 10.4 Å². The molecule has 0 spiro atoms. The maximum atomic E-state index is 8.85. The van der Waals surface area contributed by atoms with E-state index in [0.29, 0.717) is 12.2 Å². The molecule has 1 unspecified atom stereocenters. The minimum atomic E-state index is 0.274. The third-order valence-electron chi connectivity index (χ3n) is 3.05. The largest absolute Gasteiger partial charge is 0.396 e. The molecule has 3 heteroatoms. The van der Waals surface area contributed by atoms with Gasteiger partial charge in [0.2, 0.25) is 0 Å². The van der Waals surface area contributed by atoms with Gasteiger partial charge in [-0.15, -0.1) is 0 Å². The van der Waals surface area contributed by atoms with E-state index >= 15 is 0 Å². The van der Waals surface area contributed by atoms with Crippen LogP contribution in [0.3, 0.4) is 0 Å². The van der Waals surface area contributed by atoms with Gasteiger partial charge in [-0.25, -0.2) is 0 Å². The third kappa shape index (κ3) is 5.31. The van der Waals surface area contributed by atoms with E-state index in [9.17, 15) is 0 Å². The zero-order valence-corrected chi connectivity index (χ0v) is 11.0. The molecule has 0 saturated carbocycles. The van der Waals surface area contributed by atoms with Crippen molar-refractivity contribution in [3.63, 3.8) is 0 Å². The van der Waals surface area contributed by atoms with E-state index < -0.39 is 0 Å². The lowest BCUT2D eigenvalue weighted by molar-refractivity contribution is 0.282.